The Labute approximate surface area is 99.2 Å². The Morgan fingerprint density at radius 1 is 1.18 bits per heavy atom. The summed E-state index contributed by atoms with van der Waals surface area (Å²) < 4.78 is 4.96. The van der Waals surface area contributed by atoms with Crippen LogP contribution in [0.3, 0.4) is 0 Å². The number of aromatic carboxylic acids is 1. The van der Waals surface area contributed by atoms with Crippen LogP contribution in [0.1, 0.15) is 33.6 Å². The lowest BCUT2D eigenvalue weighted by molar-refractivity contribution is 0.0488. The molecule has 0 aliphatic heterocycles. The summed E-state index contributed by atoms with van der Waals surface area (Å²) >= 11 is 0. The van der Waals surface area contributed by atoms with Crippen molar-refractivity contribution in [2.24, 2.45) is 5.73 Å². The van der Waals surface area contributed by atoms with E-state index in [9.17, 15) is 9.59 Å². The van der Waals surface area contributed by atoms with E-state index in [2.05, 4.69) is 0 Å². The van der Waals surface area contributed by atoms with Crippen molar-refractivity contribution in [2.45, 2.75) is 12.8 Å². The molecule has 17 heavy (non-hydrogen) atoms. The number of carboxylic acids is 1. The summed E-state index contributed by atoms with van der Waals surface area (Å²) in [7, 11) is 0. The molecule has 3 N–H and O–H groups in total. The van der Waals surface area contributed by atoms with Gasteiger partial charge >= 0.3 is 11.9 Å². The molecule has 92 valence electrons. The minimum Gasteiger partial charge on any atom is -0.478 e. The van der Waals surface area contributed by atoms with Crippen LogP contribution < -0.4 is 5.73 Å². The predicted octanol–water partition coefficient (Wildman–Crippen LogP) is 1.28. The van der Waals surface area contributed by atoms with Gasteiger partial charge in [-0.3, -0.25) is 0 Å². The van der Waals surface area contributed by atoms with Crippen molar-refractivity contribution in [3.63, 3.8) is 0 Å². The average Bonchev–Trinajstić information content (AvgIpc) is 2.34. The van der Waals surface area contributed by atoms with Crippen LogP contribution in [0.25, 0.3) is 0 Å². The Bertz CT molecular complexity index is 403. The molecule has 0 unspecified atom stereocenters. The highest BCUT2D eigenvalue weighted by atomic mass is 16.5. The van der Waals surface area contributed by atoms with Gasteiger partial charge < -0.3 is 15.6 Å². The van der Waals surface area contributed by atoms with Crippen LogP contribution >= 0.6 is 0 Å². The molecule has 0 aromatic heterocycles. The van der Waals surface area contributed by atoms with Crippen LogP contribution in [-0.4, -0.2) is 30.2 Å². The molecule has 0 saturated heterocycles. The van der Waals surface area contributed by atoms with Crippen LogP contribution in [0.2, 0.25) is 0 Å². The smallest absolute Gasteiger partial charge is 0.339 e. The first-order chi connectivity index (χ1) is 8.16. The van der Waals surface area contributed by atoms with Crippen molar-refractivity contribution in [3.05, 3.63) is 35.4 Å². The van der Waals surface area contributed by atoms with E-state index in [-0.39, 0.29) is 17.7 Å². The van der Waals surface area contributed by atoms with Gasteiger partial charge in [-0.15, -0.1) is 0 Å². The third kappa shape index (κ3) is 3.88. The van der Waals surface area contributed by atoms with E-state index in [0.717, 1.165) is 6.42 Å². The summed E-state index contributed by atoms with van der Waals surface area (Å²) in [6, 6.07) is 5.98. The third-order valence-electron chi connectivity index (χ3n) is 2.21. The first kappa shape index (κ1) is 13.2. The molecule has 1 aromatic carbocycles. The summed E-state index contributed by atoms with van der Waals surface area (Å²) in [6.07, 6.45) is 1.45. The molecule has 5 nitrogen and oxygen atoms in total. The molecule has 5 heteroatoms. The normalized spacial score (nSPS) is 9.94. The zero-order chi connectivity index (χ0) is 12.7. The maximum Gasteiger partial charge on any atom is 0.339 e. The van der Waals surface area contributed by atoms with Crippen molar-refractivity contribution in [3.8, 4) is 0 Å². The number of carbonyl (C=O) groups is 2. The second-order valence-electron chi connectivity index (χ2n) is 3.48. The Balaban J connectivity index is 2.65. The van der Waals surface area contributed by atoms with Crippen molar-refractivity contribution in [1.82, 2.24) is 0 Å². The van der Waals surface area contributed by atoms with Gasteiger partial charge in [0.15, 0.2) is 0 Å². The second kappa shape index (κ2) is 6.65. The minimum atomic E-state index is -1.14. The number of hydrogen-bond acceptors (Lipinski definition) is 4. The lowest BCUT2D eigenvalue weighted by Gasteiger charge is -2.06. The van der Waals surface area contributed by atoms with Gasteiger partial charge in [-0.05, 0) is 31.5 Å². The molecule has 1 rings (SSSR count). The maximum absolute atomic E-state index is 11.6. The van der Waals surface area contributed by atoms with E-state index in [1.54, 1.807) is 12.1 Å². The summed E-state index contributed by atoms with van der Waals surface area (Å²) in [6.45, 7) is 0.799. The van der Waals surface area contributed by atoms with E-state index < -0.39 is 11.9 Å². The van der Waals surface area contributed by atoms with Crippen LogP contribution in [0.5, 0.6) is 0 Å². The van der Waals surface area contributed by atoms with Crippen molar-refractivity contribution < 1.29 is 19.4 Å². The molecule has 0 spiro atoms. The Morgan fingerprint density at radius 2 is 1.82 bits per heavy atom. The largest absolute Gasteiger partial charge is 0.478 e. The van der Waals surface area contributed by atoms with E-state index in [1.807, 2.05) is 0 Å². The number of benzene rings is 1. The fourth-order valence-corrected chi connectivity index (χ4v) is 1.34. The minimum absolute atomic E-state index is 0.0451. The average molecular weight is 237 g/mol. The van der Waals surface area contributed by atoms with Gasteiger partial charge in [0.05, 0.1) is 17.7 Å². The van der Waals surface area contributed by atoms with Crippen LogP contribution in [0.15, 0.2) is 24.3 Å². The molecule has 0 heterocycles. The van der Waals surface area contributed by atoms with Gasteiger partial charge in [-0.2, -0.15) is 0 Å². The number of carboxylic acid groups (broad SMARTS) is 1. The number of esters is 1. The second-order valence-corrected chi connectivity index (χ2v) is 3.48. The molecule has 0 bridgehead atoms. The number of unbranched alkanes of at least 4 members (excludes halogenated alkanes) is 1. The fourth-order valence-electron chi connectivity index (χ4n) is 1.34. The molecule has 0 atom stereocenters. The number of carbonyl (C=O) groups excluding carboxylic acids is 1. The summed E-state index contributed by atoms with van der Waals surface area (Å²) in [5, 5.41) is 8.90. The van der Waals surface area contributed by atoms with Crippen molar-refractivity contribution >= 4 is 11.9 Å². The molecule has 0 amide bonds. The molecular formula is C12H15NO4. The van der Waals surface area contributed by atoms with Crippen molar-refractivity contribution in [2.75, 3.05) is 13.2 Å². The highest BCUT2D eigenvalue weighted by molar-refractivity contribution is 6.02. The number of hydrogen-bond donors (Lipinski definition) is 2. The summed E-state index contributed by atoms with van der Waals surface area (Å²) in [5.41, 5.74) is 5.33. The maximum atomic E-state index is 11.6. The summed E-state index contributed by atoms with van der Waals surface area (Å²) in [4.78, 5) is 22.5. The highest BCUT2D eigenvalue weighted by Gasteiger charge is 2.16. The molecule has 0 radical (unpaired) electrons. The topological polar surface area (TPSA) is 89.6 Å². The van der Waals surface area contributed by atoms with Gasteiger partial charge in [0, 0.05) is 0 Å². The SMILES string of the molecule is NCCCCOC(=O)c1ccccc1C(=O)O. The monoisotopic (exact) mass is 237 g/mol. The lowest BCUT2D eigenvalue weighted by Crippen LogP contribution is -2.12. The third-order valence-corrected chi connectivity index (χ3v) is 2.21. The van der Waals surface area contributed by atoms with Crippen LogP contribution in [0.4, 0.5) is 0 Å². The van der Waals surface area contributed by atoms with Gasteiger partial charge in [0.25, 0.3) is 0 Å². The van der Waals surface area contributed by atoms with Gasteiger partial charge in [-0.1, -0.05) is 12.1 Å². The van der Waals surface area contributed by atoms with E-state index in [0.29, 0.717) is 13.0 Å². The fraction of sp³-hybridized carbons (Fsp3) is 0.333. The van der Waals surface area contributed by atoms with Crippen LogP contribution in [0, 0.1) is 0 Å². The van der Waals surface area contributed by atoms with Crippen molar-refractivity contribution in [1.29, 1.82) is 0 Å². The highest BCUT2D eigenvalue weighted by Crippen LogP contribution is 2.10. The predicted molar refractivity (Wildman–Crippen MR) is 62.0 cm³/mol. The van der Waals surface area contributed by atoms with E-state index >= 15 is 0 Å². The molecule has 0 saturated carbocycles. The quantitative estimate of drug-likeness (QED) is 0.574. The Morgan fingerprint density at radius 3 is 2.41 bits per heavy atom. The number of nitrogens with two attached hydrogens (primary N) is 1. The molecule has 1 aromatic rings. The van der Waals surface area contributed by atoms with Gasteiger partial charge in [0.1, 0.15) is 0 Å². The first-order valence-corrected chi connectivity index (χ1v) is 5.36. The van der Waals surface area contributed by atoms with E-state index in [4.69, 9.17) is 15.6 Å². The molecular weight excluding hydrogens is 222 g/mol. The van der Waals surface area contributed by atoms with Gasteiger partial charge in [-0.25, -0.2) is 9.59 Å². The summed E-state index contributed by atoms with van der Waals surface area (Å²) in [5.74, 6) is -1.75. The number of rotatable bonds is 6. The first-order valence-electron chi connectivity index (χ1n) is 5.36. The number of ether oxygens (including phenoxy) is 1. The Hall–Kier alpha value is -1.88. The zero-order valence-electron chi connectivity index (χ0n) is 9.39. The standard InChI is InChI=1S/C12H15NO4/c13-7-3-4-8-17-12(16)10-6-2-1-5-9(10)11(14)15/h1-2,5-6H,3-4,7-8,13H2,(H,14,15). The van der Waals surface area contributed by atoms with Crippen LogP contribution in [-0.2, 0) is 4.74 Å². The zero-order valence-corrected chi connectivity index (χ0v) is 9.39. The molecule has 0 fully saturated rings. The molecule has 0 aliphatic rings. The Kier molecular flexibility index (Phi) is 5.16. The molecule has 0 aliphatic carbocycles. The lowest BCUT2D eigenvalue weighted by atomic mass is 10.1. The van der Waals surface area contributed by atoms with Gasteiger partial charge in [0.2, 0.25) is 0 Å². The van der Waals surface area contributed by atoms with E-state index in [1.165, 1.54) is 12.1 Å².